The summed E-state index contributed by atoms with van der Waals surface area (Å²) in [6.45, 7) is 0.151. The molecule has 0 aromatic heterocycles. The molecular formula is C14H15FN2O2S. The molecule has 106 valence electrons. The maximum Gasteiger partial charge on any atom is 0.266 e. The number of nitrogens with two attached hydrogens (primary N) is 1. The molecule has 0 atom stereocenters. The van der Waals surface area contributed by atoms with E-state index in [-0.39, 0.29) is 11.4 Å². The largest absolute Gasteiger partial charge is 0.326 e. The van der Waals surface area contributed by atoms with Crippen molar-refractivity contribution in [2.45, 2.75) is 11.4 Å². The third-order valence-corrected chi connectivity index (χ3v) is 4.79. The molecule has 0 unspecified atom stereocenters. The SMILES string of the molecule is CN(c1ccccc1)S(=O)(=O)c1cc(CN)ccc1F. The molecule has 0 spiro atoms. The average molecular weight is 294 g/mol. The topological polar surface area (TPSA) is 63.4 Å². The maximum absolute atomic E-state index is 13.8. The number of hydrogen-bond acceptors (Lipinski definition) is 3. The molecule has 2 aromatic rings. The minimum absolute atomic E-state index is 0.151. The van der Waals surface area contributed by atoms with Gasteiger partial charge in [0.1, 0.15) is 10.7 Å². The van der Waals surface area contributed by atoms with E-state index in [1.165, 1.54) is 19.2 Å². The van der Waals surface area contributed by atoms with Crippen LogP contribution in [0.15, 0.2) is 53.4 Å². The van der Waals surface area contributed by atoms with Crippen LogP contribution < -0.4 is 10.0 Å². The van der Waals surface area contributed by atoms with Crippen molar-refractivity contribution in [2.24, 2.45) is 5.73 Å². The molecule has 6 heteroatoms. The molecule has 2 N–H and O–H groups in total. The van der Waals surface area contributed by atoms with Crippen molar-refractivity contribution in [3.8, 4) is 0 Å². The van der Waals surface area contributed by atoms with Crippen molar-refractivity contribution in [3.63, 3.8) is 0 Å². The molecular weight excluding hydrogens is 279 g/mol. The van der Waals surface area contributed by atoms with Crippen LogP contribution in [0.5, 0.6) is 0 Å². The second-order valence-electron chi connectivity index (χ2n) is 4.28. The van der Waals surface area contributed by atoms with Gasteiger partial charge in [-0.1, -0.05) is 24.3 Å². The fourth-order valence-electron chi connectivity index (χ4n) is 1.80. The van der Waals surface area contributed by atoms with Crippen LogP contribution >= 0.6 is 0 Å². The first kappa shape index (κ1) is 14.5. The smallest absolute Gasteiger partial charge is 0.266 e. The number of nitrogens with zero attached hydrogens (tertiary/aromatic N) is 1. The Bertz CT molecular complexity index is 702. The summed E-state index contributed by atoms with van der Waals surface area (Å²) in [6.07, 6.45) is 0. The van der Waals surface area contributed by atoms with E-state index in [4.69, 9.17) is 5.73 Å². The van der Waals surface area contributed by atoms with Crippen molar-refractivity contribution in [1.82, 2.24) is 0 Å². The Morgan fingerprint density at radius 2 is 1.80 bits per heavy atom. The molecule has 0 saturated heterocycles. The number of halogens is 1. The molecule has 2 rings (SSSR count). The minimum Gasteiger partial charge on any atom is -0.326 e. The second-order valence-corrected chi connectivity index (χ2v) is 6.21. The molecule has 0 amide bonds. The normalized spacial score (nSPS) is 11.3. The highest BCUT2D eigenvalue weighted by Crippen LogP contribution is 2.24. The standard InChI is InChI=1S/C14H15FN2O2S/c1-17(12-5-3-2-4-6-12)20(18,19)14-9-11(10-16)7-8-13(14)15/h2-9H,10,16H2,1H3. The van der Waals surface area contributed by atoms with E-state index in [2.05, 4.69) is 0 Å². The van der Waals surface area contributed by atoms with E-state index >= 15 is 0 Å². The molecule has 0 aliphatic heterocycles. The zero-order valence-corrected chi connectivity index (χ0v) is 11.8. The van der Waals surface area contributed by atoms with Gasteiger partial charge < -0.3 is 5.73 Å². The van der Waals surface area contributed by atoms with Gasteiger partial charge in [-0.3, -0.25) is 4.31 Å². The van der Waals surface area contributed by atoms with E-state index < -0.39 is 15.8 Å². The predicted molar refractivity (Wildman–Crippen MR) is 76.3 cm³/mol. The first-order valence-corrected chi connectivity index (χ1v) is 7.43. The molecule has 0 aliphatic rings. The van der Waals surface area contributed by atoms with Gasteiger partial charge in [-0.05, 0) is 29.8 Å². The van der Waals surface area contributed by atoms with Crippen LogP contribution in [0.25, 0.3) is 0 Å². The summed E-state index contributed by atoms with van der Waals surface area (Å²) in [6, 6.07) is 12.3. The van der Waals surface area contributed by atoms with Gasteiger partial charge in [0.25, 0.3) is 10.0 Å². The van der Waals surface area contributed by atoms with Crippen LogP contribution in [-0.2, 0) is 16.6 Å². The molecule has 0 heterocycles. The van der Waals surface area contributed by atoms with Crippen LogP contribution in [0.2, 0.25) is 0 Å². The van der Waals surface area contributed by atoms with Crippen molar-refractivity contribution in [1.29, 1.82) is 0 Å². The molecule has 20 heavy (non-hydrogen) atoms. The highest BCUT2D eigenvalue weighted by molar-refractivity contribution is 7.92. The van der Waals surface area contributed by atoms with E-state index in [9.17, 15) is 12.8 Å². The van der Waals surface area contributed by atoms with Crippen LogP contribution in [0.4, 0.5) is 10.1 Å². The number of para-hydroxylation sites is 1. The number of benzene rings is 2. The van der Waals surface area contributed by atoms with Crippen molar-refractivity contribution in [2.75, 3.05) is 11.4 Å². The first-order valence-electron chi connectivity index (χ1n) is 5.99. The summed E-state index contributed by atoms with van der Waals surface area (Å²) < 4.78 is 39.8. The minimum atomic E-state index is -3.95. The maximum atomic E-state index is 13.8. The summed E-state index contributed by atoms with van der Waals surface area (Å²) >= 11 is 0. The molecule has 4 nitrogen and oxygen atoms in total. The summed E-state index contributed by atoms with van der Waals surface area (Å²) in [5.74, 6) is -0.787. The quantitative estimate of drug-likeness (QED) is 0.939. The van der Waals surface area contributed by atoms with Gasteiger partial charge in [-0.2, -0.15) is 0 Å². The van der Waals surface area contributed by atoms with E-state index in [1.54, 1.807) is 30.3 Å². The number of sulfonamides is 1. The first-order chi connectivity index (χ1) is 9.46. The summed E-state index contributed by atoms with van der Waals surface area (Å²) in [5, 5.41) is 0. The van der Waals surface area contributed by atoms with Gasteiger partial charge in [0.15, 0.2) is 0 Å². The predicted octanol–water partition coefficient (Wildman–Crippen LogP) is 2.11. The van der Waals surface area contributed by atoms with Crippen LogP contribution in [0.3, 0.4) is 0 Å². The lowest BCUT2D eigenvalue weighted by Gasteiger charge is -2.20. The second kappa shape index (κ2) is 5.60. The van der Waals surface area contributed by atoms with Crippen molar-refractivity contribution < 1.29 is 12.8 Å². The van der Waals surface area contributed by atoms with Gasteiger partial charge in [-0.25, -0.2) is 12.8 Å². The van der Waals surface area contributed by atoms with Gasteiger partial charge >= 0.3 is 0 Å². The number of anilines is 1. The lowest BCUT2D eigenvalue weighted by molar-refractivity contribution is 0.565. The van der Waals surface area contributed by atoms with Gasteiger partial charge in [0.05, 0.1) is 5.69 Å². The van der Waals surface area contributed by atoms with Crippen LogP contribution in [0.1, 0.15) is 5.56 Å². The zero-order valence-electron chi connectivity index (χ0n) is 11.0. The Balaban J connectivity index is 2.50. The molecule has 0 aliphatic carbocycles. The third-order valence-electron chi connectivity index (χ3n) is 2.99. The highest BCUT2D eigenvalue weighted by atomic mass is 32.2. The van der Waals surface area contributed by atoms with Crippen molar-refractivity contribution >= 4 is 15.7 Å². The fraction of sp³-hybridized carbons (Fsp3) is 0.143. The van der Waals surface area contributed by atoms with Crippen molar-refractivity contribution in [3.05, 3.63) is 59.9 Å². The van der Waals surface area contributed by atoms with E-state index in [1.807, 2.05) is 0 Å². The molecule has 0 saturated carbocycles. The van der Waals surface area contributed by atoms with Crippen LogP contribution in [-0.4, -0.2) is 15.5 Å². The van der Waals surface area contributed by atoms with Gasteiger partial charge in [-0.15, -0.1) is 0 Å². The van der Waals surface area contributed by atoms with E-state index in [0.717, 1.165) is 10.4 Å². The van der Waals surface area contributed by atoms with E-state index in [0.29, 0.717) is 11.3 Å². The fourth-order valence-corrected chi connectivity index (χ4v) is 3.11. The van der Waals surface area contributed by atoms with Gasteiger partial charge in [0, 0.05) is 13.6 Å². The summed E-state index contributed by atoms with van der Waals surface area (Å²) in [5.41, 5.74) is 6.49. The average Bonchev–Trinajstić information content (AvgIpc) is 2.47. The Hall–Kier alpha value is -1.92. The third kappa shape index (κ3) is 2.66. The molecule has 2 aromatic carbocycles. The molecule has 0 bridgehead atoms. The molecule has 0 radical (unpaired) electrons. The summed E-state index contributed by atoms with van der Waals surface area (Å²) in [7, 11) is -2.56. The molecule has 0 fully saturated rings. The number of rotatable bonds is 4. The lowest BCUT2D eigenvalue weighted by atomic mass is 10.2. The Morgan fingerprint density at radius 1 is 1.15 bits per heavy atom. The monoisotopic (exact) mass is 294 g/mol. The highest BCUT2D eigenvalue weighted by Gasteiger charge is 2.25. The van der Waals surface area contributed by atoms with Gasteiger partial charge in [0.2, 0.25) is 0 Å². The Morgan fingerprint density at radius 3 is 2.40 bits per heavy atom. The Kier molecular flexibility index (Phi) is 4.06. The summed E-state index contributed by atoms with van der Waals surface area (Å²) in [4.78, 5) is -0.369. The van der Waals surface area contributed by atoms with Crippen LogP contribution in [0, 0.1) is 5.82 Å². The zero-order chi connectivity index (χ0) is 14.8. The lowest BCUT2D eigenvalue weighted by Crippen LogP contribution is -2.27. The number of hydrogen-bond donors (Lipinski definition) is 1. The Labute approximate surface area is 117 Å².